The first-order valence-corrected chi connectivity index (χ1v) is 14.3. The molecule has 0 heterocycles. The molecule has 1 unspecified atom stereocenters. The van der Waals surface area contributed by atoms with Gasteiger partial charge < -0.3 is 10.2 Å². The maximum atomic E-state index is 14.3. The summed E-state index contributed by atoms with van der Waals surface area (Å²) in [6, 6.07) is 12.0. The molecule has 2 rings (SSSR count). The van der Waals surface area contributed by atoms with E-state index in [1.165, 1.54) is 23.1 Å². The Kier molecular flexibility index (Phi) is 11.7. The number of unbranched alkanes of at least 4 members (excludes halogenated alkanes) is 1. The number of hydrogen-bond donors (Lipinski definition) is 1. The normalized spacial score (nSPS) is 12.1. The van der Waals surface area contributed by atoms with E-state index in [4.69, 9.17) is 11.6 Å². The van der Waals surface area contributed by atoms with Gasteiger partial charge in [-0.3, -0.25) is 13.9 Å². The lowest BCUT2D eigenvalue weighted by molar-refractivity contribution is -0.141. The lowest BCUT2D eigenvalue weighted by Gasteiger charge is -2.31. The summed E-state index contributed by atoms with van der Waals surface area (Å²) in [5.74, 6) is -1.17. The number of sulfonamides is 1. The number of nitrogens with one attached hydrogen (secondary N) is 1. The predicted molar refractivity (Wildman–Crippen MR) is 142 cm³/mol. The van der Waals surface area contributed by atoms with Gasteiger partial charge >= 0.3 is 0 Å². The van der Waals surface area contributed by atoms with Crippen LogP contribution in [0, 0.1) is 5.82 Å². The van der Waals surface area contributed by atoms with Crippen molar-refractivity contribution in [3.8, 4) is 0 Å². The fourth-order valence-corrected chi connectivity index (χ4v) is 4.94. The summed E-state index contributed by atoms with van der Waals surface area (Å²) in [6.45, 7) is 4.54. The van der Waals surface area contributed by atoms with E-state index in [9.17, 15) is 22.4 Å². The third kappa shape index (κ3) is 8.78. The highest BCUT2D eigenvalue weighted by atomic mass is 35.5. The fraction of sp³-hybridized carbons (Fsp3) is 0.462. The number of rotatable bonds is 14. The minimum absolute atomic E-state index is 0.00714. The van der Waals surface area contributed by atoms with E-state index in [0.717, 1.165) is 29.0 Å². The second-order valence-corrected chi connectivity index (χ2v) is 11.0. The third-order valence-electron chi connectivity index (χ3n) is 5.75. The molecule has 7 nitrogen and oxygen atoms in total. The molecule has 0 saturated heterocycles. The number of amides is 2. The summed E-state index contributed by atoms with van der Waals surface area (Å²) in [4.78, 5) is 27.8. The first-order chi connectivity index (χ1) is 17.1. The molecule has 0 aliphatic carbocycles. The van der Waals surface area contributed by atoms with Crippen LogP contribution in [0.1, 0.15) is 51.5 Å². The van der Waals surface area contributed by atoms with E-state index in [1.54, 1.807) is 30.3 Å². The Morgan fingerprint density at radius 2 is 1.72 bits per heavy atom. The average Bonchev–Trinajstić information content (AvgIpc) is 2.83. The molecular formula is C26H35ClFN3O4S. The number of benzene rings is 2. The number of carbonyl (C=O) groups excluding carboxylic acids is 2. The molecule has 0 radical (unpaired) electrons. The molecule has 0 spiro atoms. The van der Waals surface area contributed by atoms with Gasteiger partial charge in [0.25, 0.3) is 0 Å². The third-order valence-corrected chi connectivity index (χ3v) is 7.19. The number of nitrogens with zero attached hydrogens (tertiary/aromatic N) is 2. The lowest BCUT2D eigenvalue weighted by Crippen LogP contribution is -2.49. The first-order valence-electron chi connectivity index (χ1n) is 12.1. The topological polar surface area (TPSA) is 86.8 Å². The minimum Gasteiger partial charge on any atom is -0.354 e. The van der Waals surface area contributed by atoms with Crippen molar-refractivity contribution >= 4 is 39.1 Å². The molecular weight excluding hydrogens is 505 g/mol. The molecule has 2 aromatic rings. The summed E-state index contributed by atoms with van der Waals surface area (Å²) in [6.07, 6.45) is 3.34. The van der Waals surface area contributed by atoms with Crippen molar-refractivity contribution in [2.24, 2.45) is 0 Å². The summed E-state index contributed by atoms with van der Waals surface area (Å²) in [5.41, 5.74) is 0.754. The zero-order valence-corrected chi connectivity index (χ0v) is 22.6. The molecule has 0 aliphatic rings. The van der Waals surface area contributed by atoms with Crippen molar-refractivity contribution < 1.29 is 22.4 Å². The monoisotopic (exact) mass is 539 g/mol. The highest BCUT2D eigenvalue weighted by molar-refractivity contribution is 7.92. The Morgan fingerprint density at radius 1 is 1.06 bits per heavy atom. The highest BCUT2D eigenvalue weighted by Gasteiger charge is 2.29. The summed E-state index contributed by atoms with van der Waals surface area (Å²) >= 11 is 5.99. The van der Waals surface area contributed by atoms with Gasteiger partial charge in [0.2, 0.25) is 21.8 Å². The highest BCUT2D eigenvalue weighted by Crippen LogP contribution is 2.22. The van der Waals surface area contributed by atoms with Gasteiger partial charge in [-0.05, 0) is 49.1 Å². The van der Waals surface area contributed by atoms with Crippen molar-refractivity contribution in [2.45, 2.75) is 58.5 Å². The van der Waals surface area contributed by atoms with Crippen molar-refractivity contribution in [2.75, 3.05) is 23.7 Å². The van der Waals surface area contributed by atoms with Gasteiger partial charge in [0, 0.05) is 31.1 Å². The first kappa shape index (κ1) is 29.6. The van der Waals surface area contributed by atoms with Gasteiger partial charge in [-0.25, -0.2) is 12.8 Å². The van der Waals surface area contributed by atoms with Gasteiger partial charge in [0.05, 0.1) is 11.9 Å². The van der Waals surface area contributed by atoms with Crippen molar-refractivity contribution in [3.05, 3.63) is 64.9 Å². The number of para-hydroxylation sites is 1. The van der Waals surface area contributed by atoms with Crippen LogP contribution in [0.2, 0.25) is 5.02 Å². The molecule has 2 aromatic carbocycles. The van der Waals surface area contributed by atoms with Crippen molar-refractivity contribution in [1.82, 2.24) is 10.2 Å². The quantitative estimate of drug-likeness (QED) is 0.351. The summed E-state index contributed by atoms with van der Waals surface area (Å²) < 4.78 is 39.9. The molecule has 0 bridgehead atoms. The Morgan fingerprint density at radius 3 is 2.31 bits per heavy atom. The predicted octanol–water partition coefficient (Wildman–Crippen LogP) is 4.75. The molecule has 1 atom stereocenters. The standard InChI is InChI=1S/C26H35ClFN3O4S/c1-4-6-17-29-26(33)23(5-2)30(19-20-13-15-21(27)16-14-20)25(32)12-9-18-31(36(3,34)35)24-11-8-7-10-22(24)28/h7-8,10-11,13-16,23H,4-6,9,12,17-19H2,1-3H3,(H,29,33). The SMILES string of the molecule is CCCCNC(=O)C(CC)N(Cc1ccc(Cl)cc1)C(=O)CCCN(c1ccccc1F)S(C)(=O)=O. The largest absolute Gasteiger partial charge is 0.354 e. The smallest absolute Gasteiger partial charge is 0.242 e. The van der Waals surface area contributed by atoms with Gasteiger partial charge in [-0.2, -0.15) is 0 Å². The van der Waals surface area contributed by atoms with Crippen LogP contribution in [0.3, 0.4) is 0 Å². The van der Waals surface area contributed by atoms with Crippen LogP contribution in [0.25, 0.3) is 0 Å². The molecule has 1 N–H and O–H groups in total. The van der Waals surface area contributed by atoms with Crippen molar-refractivity contribution in [3.63, 3.8) is 0 Å². The van der Waals surface area contributed by atoms with Crippen LogP contribution in [0.5, 0.6) is 0 Å². The Hall–Kier alpha value is -2.65. The van der Waals surface area contributed by atoms with Gasteiger partial charge in [-0.15, -0.1) is 0 Å². The van der Waals surface area contributed by atoms with E-state index in [-0.39, 0.29) is 43.4 Å². The molecule has 2 amide bonds. The van der Waals surface area contributed by atoms with Crippen molar-refractivity contribution in [1.29, 1.82) is 0 Å². The average molecular weight is 540 g/mol. The summed E-state index contributed by atoms with van der Waals surface area (Å²) in [7, 11) is -3.77. The molecule has 0 aliphatic heterocycles. The van der Waals surface area contributed by atoms with Crippen LogP contribution < -0.4 is 9.62 Å². The zero-order chi connectivity index (χ0) is 26.7. The number of hydrogen-bond acceptors (Lipinski definition) is 4. The zero-order valence-electron chi connectivity index (χ0n) is 21.0. The molecule has 36 heavy (non-hydrogen) atoms. The lowest BCUT2D eigenvalue weighted by atomic mass is 10.1. The second kappa shape index (κ2) is 14.2. The molecule has 198 valence electrons. The number of anilines is 1. The summed E-state index contributed by atoms with van der Waals surface area (Å²) in [5, 5.41) is 3.47. The molecule has 0 saturated carbocycles. The van der Waals surface area contributed by atoms with Crippen LogP contribution in [-0.4, -0.2) is 50.5 Å². The maximum absolute atomic E-state index is 14.3. The van der Waals surface area contributed by atoms with Crippen LogP contribution in [-0.2, 0) is 26.2 Å². The van der Waals surface area contributed by atoms with Gasteiger partial charge in [0.15, 0.2) is 0 Å². The number of carbonyl (C=O) groups is 2. The molecule has 0 fully saturated rings. The Labute approximate surface area is 218 Å². The van der Waals surface area contributed by atoms with Gasteiger partial charge in [0.1, 0.15) is 11.9 Å². The van der Waals surface area contributed by atoms with Crippen LogP contribution in [0.15, 0.2) is 48.5 Å². The Balaban J connectivity index is 2.20. The van der Waals surface area contributed by atoms with E-state index in [1.807, 2.05) is 13.8 Å². The number of halogens is 2. The van der Waals surface area contributed by atoms with E-state index < -0.39 is 21.9 Å². The van der Waals surface area contributed by atoms with E-state index in [0.29, 0.717) is 18.0 Å². The van der Waals surface area contributed by atoms with Crippen LogP contribution in [0.4, 0.5) is 10.1 Å². The van der Waals surface area contributed by atoms with Crippen LogP contribution >= 0.6 is 11.6 Å². The maximum Gasteiger partial charge on any atom is 0.242 e. The van der Waals surface area contributed by atoms with E-state index >= 15 is 0 Å². The van der Waals surface area contributed by atoms with E-state index in [2.05, 4.69) is 5.32 Å². The fourth-order valence-electron chi connectivity index (χ4n) is 3.85. The second-order valence-electron chi connectivity index (χ2n) is 8.61. The molecule has 10 heteroatoms. The van der Waals surface area contributed by atoms with Gasteiger partial charge in [-0.1, -0.05) is 56.1 Å². The molecule has 0 aromatic heterocycles. The Bertz CT molecular complexity index is 1110. The minimum atomic E-state index is -3.77.